The topological polar surface area (TPSA) is 45.2 Å². The van der Waals surface area contributed by atoms with Crippen LogP contribution in [0.5, 0.6) is 0 Å². The number of aromatic nitrogens is 1. The van der Waals surface area contributed by atoms with Crippen molar-refractivity contribution in [3.05, 3.63) is 42.2 Å². The zero-order valence-corrected chi connectivity index (χ0v) is 14.3. The Balaban J connectivity index is 0.00000121. The van der Waals surface area contributed by atoms with Crippen LogP contribution in [-0.2, 0) is 0 Å². The monoisotopic (exact) mass is 341 g/mol. The highest BCUT2D eigenvalue weighted by Crippen LogP contribution is 2.20. The van der Waals surface area contributed by atoms with Crippen LogP contribution in [0.1, 0.15) is 24.3 Å². The van der Waals surface area contributed by atoms with E-state index in [1.807, 2.05) is 35.2 Å². The van der Waals surface area contributed by atoms with Crippen molar-refractivity contribution in [1.29, 1.82) is 0 Å². The number of benzene rings is 1. The summed E-state index contributed by atoms with van der Waals surface area (Å²) in [7, 11) is 0. The molecule has 2 atom stereocenters. The molecule has 0 aliphatic carbocycles. The maximum atomic E-state index is 12.8. The molecule has 1 amide bonds. The minimum atomic E-state index is 0. The number of amides is 1. The van der Waals surface area contributed by atoms with E-state index in [0.717, 1.165) is 23.9 Å². The Labute approximate surface area is 143 Å². The van der Waals surface area contributed by atoms with E-state index in [1.54, 1.807) is 6.20 Å². The van der Waals surface area contributed by atoms with E-state index in [9.17, 15) is 4.79 Å². The first-order valence-corrected chi connectivity index (χ1v) is 7.06. The van der Waals surface area contributed by atoms with Crippen LogP contribution in [0.25, 0.3) is 10.8 Å². The van der Waals surface area contributed by atoms with Gasteiger partial charge in [-0.1, -0.05) is 24.3 Å². The Kier molecular flexibility index (Phi) is 6.60. The Hall–Kier alpha value is -1.36. The van der Waals surface area contributed by atoms with Gasteiger partial charge in [0.25, 0.3) is 5.91 Å². The number of hydrogen-bond acceptors (Lipinski definition) is 3. The van der Waals surface area contributed by atoms with Crippen molar-refractivity contribution in [3.63, 3.8) is 0 Å². The van der Waals surface area contributed by atoms with Crippen molar-refractivity contribution in [2.75, 3.05) is 13.1 Å². The molecule has 0 saturated carbocycles. The van der Waals surface area contributed by atoms with E-state index in [0.29, 0.717) is 11.7 Å². The average molecular weight is 342 g/mol. The molecule has 1 saturated heterocycles. The van der Waals surface area contributed by atoms with Crippen LogP contribution in [-0.4, -0.2) is 41.0 Å². The third kappa shape index (κ3) is 3.35. The quantitative estimate of drug-likeness (QED) is 0.867. The molecule has 2 heterocycles. The Morgan fingerprint density at radius 2 is 1.95 bits per heavy atom. The molecule has 1 aliphatic heterocycles. The predicted molar refractivity (Wildman–Crippen MR) is 94.2 cm³/mol. The van der Waals surface area contributed by atoms with Crippen LogP contribution >= 0.6 is 24.8 Å². The van der Waals surface area contributed by atoms with E-state index in [-0.39, 0.29) is 36.8 Å². The molecule has 1 aromatic carbocycles. The number of halogens is 2. The lowest BCUT2D eigenvalue weighted by Crippen LogP contribution is -2.57. The molecule has 0 radical (unpaired) electrons. The van der Waals surface area contributed by atoms with E-state index in [1.165, 1.54) is 0 Å². The molecule has 4 nitrogen and oxygen atoms in total. The second-order valence-corrected chi connectivity index (χ2v) is 5.36. The second kappa shape index (κ2) is 7.77. The summed E-state index contributed by atoms with van der Waals surface area (Å²) in [6.45, 7) is 5.76. The number of nitrogens with one attached hydrogen (secondary N) is 1. The third-order valence-corrected chi connectivity index (χ3v) is 4.17. The van der Waals surface area contributed by atoms with Crippen LogP contribution in [0, 0.1) is 0 Å². The lowest BCUT2D eigenvalue weighted by Gasteiger charge is -2.38. The highest BCUT2D eigenvalue weighted by Gasteiger charge is 2.30. The van der Waals surface area contributed by atoms with Crippen molar-refractivity contribution < 1.29 is 4.79 Å². The molecule has 2 unspecified atom stereocenters. The molecule has 3 rings (SSSR count). The molecule has 2 aromatic rings. The van der Waals surface area contributed by atoms with Gasteiger partial charge >= 0.3 is 0 Å². The highest BCUT2D eigenvalue weighted by atomic mass is 35.5. The van der Waals surface area contributed by atoms with E-state index >= 15 is 0 Å². The summed E-state index contributed by atoms with van der Waals surface area (Å²) in [4.78, 5) is 19.1. The molecule has 1 N–H and O–H groups in total. The molecular weight excluding hydrogens is 321 g/mol. The second-order valence-electron chi connectivity index (χ2n) is 5.36. The summed E-state index contributed by atoms with van der Waals surface area (Å²) in [6, 6.07) is 10.3. The first-order valence-electron chi connectivity index (χ1n) is 7.06. The van der Waals surface area contributed by atoms with Gasteiger partial charge in [0.05, 0.1) is 0 Å². The van der Waals surface area contributed by atoms with Gasteiger partial charge < -0.3 is 10.2 Å². The number of rotatable bonds is 1. The SMILES string of the molecule is CC1NCCN(C(=O)c2nccc3ccccc23)C1C.Cl.Cl. The molecule has 22 heavy (non-hydrogen) atoms. The smallest absolute Gasteiger partial charge is 0.273 e. The number of hydrogen-bond donors (Lipinski definition) is 1. The van der Waals surface area contributed by atoms with Crippen LogP contribution < -0.4 is 5.32 Å². The number of piperazine rings is 1. The molecular formula is C16H21Cl2N3O. The van der Waals surface area contributed by atoms with E-state index in [2.05, 4.69) is 24.1 Å². The van der Waals surface area contributed by atoms with Gasteiger partial charge in [0.1, 0.15) is 5.69 Å². The predicted octanol–water partition coefficient (Wildman–Crippen LogP) is 2.90. The van der Waals surface area contributed by atoms with Crippen molar-refractivity contribution in [3.8, 4) is 0 Å². The minimum absolute atomic E-state index is 0. The number of fused-ring (bicyclic) bond motifs is 1. The van der Waals surface area contributed by atoms with Crippen LogP contribution in [0.15, 0.2) is 36.5 Å². The van der Waals surface area contributed by atoms with Gasteiger partial charge in [-0.3, -0.25) is 9.78 Å². The van der Waals surface area contributed by atoms with Gasteiger partial charge in [0.15, 0.2) is 0 Å². The Morgan fingerprint density at radius 1 is 1.23 bits per heavy atom. The van der Waals surface area contributed by atoms with Gasteiger partial charge in [0, 0.05) is 36.8 Å². The summed E-state index contributed by atoms with van der Waals surface area (Å²) < 4.78 is 0. The summed E-state index contributed by atoms with van der Waals surface area (Å²) in [5.74, 6) is 0.0302. The van der Waals surface area contributed by atoms with E-state index in [4.69, 9.17) is 0 Å². The third-order valence-electron chi connectivity index (χ3n) is 4.17. The molecule has 0 spiro atoms. The Bertz CT molecular complexity index is 645. The standard InChI is InChI=1S/C16H19N3O.2ClH/c1-11-12(2)19(10-9-17-11)16(20)15-14-6-4-3-5-13(14)7-8-18-15;;/h3-8,11-12,17H,9-10H2,1-2H3;2*1H. The normalized spacial score (nSPS) is 20.9. The molecule has 0 bridgehead atoms. The lowest BCUT2D eigenvalue weighted by atomic mass is 10.0. The average Bonchev–Trinajstić information content (AvgIpc) is 2.49. The fraction of sp³-hybridized carbons (Fsp3) is 0.375. The van der Waals surface area contributed by atoms with Gasteiger partial charge in [-0.05, 0) is 25.3 Å². The molecule has 1 aliphatic rings. The fourth-order valence-corrected chi connectivity index (χ4v) is 2.77. The first-order chi connectivity index (χ1) is 9.68. The van der Waals surface area contributed by atoms with Crippen LogP contribution in [0.4, 0.5) is 0 Å². The molecule has 120 valence electrons. The zero-order valence-electron chi connectivity index (χ0n) is 12.7. The van der Waals surface area contributed by atoms with Gasteiger partial charge in [-0.25, -0.2) is 0 Å². The molecule has 6 heteroatoms. The summed E-state index contributed by atoms with van der Waals surface area (Å²) >= 11 is 0. The summed E-state index contributed by atoms with van der Waals surface area (Å²) in [6.07, 6.45) is 1.71. The Morgan fingerprint density at radius 3 is 2.73 bits per heavy atom. The van der Waals surface area contributed by atoms with Gasteiger partial charge in [0.2, 0.25) is 0 Å². The lowest BCUT2D eigenvalue weighted by molar-refractivity contribution is 0.0599. The number of carbonyl (C=O) groups excluding carboxylic acids is 1. The number of pyridine rings is 1. The van der Waals surface area contributed by atoms with Crippen LogP contribution in [0.3, 0.4) is 0 Å². The largest absolute Gasteiger partial charge is 0.332 e. The first kappa shape index (κ1) is 18.7. The van der Waals surface area contributed by atoms with Crippen LogP contribution in [0.2, 0.25) is 0 Å². The van der Waals surface area contributed by atoms with Crippen molar-refractivity contribution in [1.82, 2.24) is 15.2 Å². The van der Waals surface area contributed by atoms with E-state index < -0.39 is 0 Å². The van der Waals surface area contributed by atoms with Gasteiger partial charge in [-0.15, -0.1) is 24.8 Å². The zero-order chi connectivity index (χ0) is 14.1. The summed E-state index contributed by atoms with van der Waals surface area (Å²) in [5.41, 5.74) is 0.559. The van der Waals surface area contributed by atoms with Gasteiger partial charge in [-0.2, -0.15) is 0 Å². The van der Waals surface area contributed by atoms with Crippen molar-refractivity contribution in [2.24, 2.45) is 0 Å². The minimum Gasteiger partial charge on any atom is -0.332 e. The number of carbonyl (C=O) groups is 1. The maximum Gasteiger partial charge on any atom is 0.273 e. The van der Waals surface area contributed by atoms with Crippen molar-refractivity contribution >= 4 is 41.5 Å². The maximum absolute atomic E-state index is 12.8. The highest BCUT2D eigenvalue weighted by molar-refractivity contribution is 6.05. The fourth-order valence-electron chi connectivity index (χ4n) is 2.77. The molecule has 1 aromatic heterocycles. The van der Waals surface area contributed by atoms with Crippen molar-refractivity contribution in [2.45, 2.75) is 25.9 Å². The number of nitrogens with zero attached hydrogens (tertiary/aromatic N) is 2. The molecule has 1 fully saturated rings. The summed E-state index contributed by atoms with van der Waals surface area (Å²) in [5, 5.41) is 5.38.